The van der Waals surface area contributed by atoms with Gasteiger partial charge in [-0.25, -0.2) is 4.79 Å². The Labute approximate surface area is 158 Å². The van der Waals surface area contributed by atoms with Crippen molar-refractivity contribution in [3.63, 3.8) is 0 Å². The van der Waals surface area contributed by atoms with Crippen LogP contribution in [0.25, 0.3) is 0 Å². The van der Waals surface area contributed by atoms with Gasteiger partial charge < -0.3 is 10.8 Å². The van der Waals surface area contributed by atoms with Crippen LogP contribution in [-0.4, -0.2) is 22.6 Å². The highest BCUT2D eigenvalue weighted by Gasteiger charge is 2.33. The van der Waals surface area contributed by atoms with Crippen LogP contribution in [-0.2, 0) is 0 Å². The average Bonchev–Trinajstić information content (AvgIpc) is 2.66. The zero-order valence-electron chi connectivity index (χ0n) is 13.9. The number of hydrogen-bond acceptors (Lipinski definition) is 5. The van der Waals surface area contributed by atoms with E-state index in [1.54, 1.807) is 48.5 Å². The fraction of sp³-hybridized carbons (Fsp3) is 0. The molecular formula is C21H13NO4S. The third kappa shape index (κ3) is 2.80. The molecular weight excluding hydrogens is 362 g/mol. The van der Waals surface area contributed by atoms with Crippen molar-refractivity contribution in [1.82, 2.24) is 0 Å². The van der Waals surface area contributed by atoms with E-state index in [1.165, 1.54) is 23.9 Å². The van der Waals surface area contributed by atoms with Gasteiger partial charge in [-0.05, 0) is 30.3 Å². The first-order chi connectivity index (χ1) is 13.0. The first-order valence-electron chi connectivity index (χ1n) is 8.09. The van der Waals surface area contributed by atoms with Crippen LogP contribution in [0.15, 0.2) is 70.5 Å². The van der Waals surface area contributed by atoms with Crippen LogP contribution in [0.1, 0.15) is 42.2 Å². The Kier molecular flexibility index (Phi) is 4.05. The Balaban J connectivity index is 1.83. The minimum atomic E-state index is -1.02. The number of benzene rings is 3. The molecule has 0 saturated heterocycles. The van der Waals surface area contributed by atoms with E-state index in [-0.39, 0.29) is 28.4 Å². The number of nitrogen functional groups attached to an aromatic ring is 1. The molecule has 3 aromatic carbocycles. The largest absolute Gasteiger partial charge is 0.478 e. The second-order valence-corrected chi connectivity index (χ2v) is 7.16. The van der Waals surface area contributed by atoms with Crippen molar-refractivity contribution in [3.05, 3.63) is 88.5 Å². The Morgan fingerprint density at radius 3 is 2.22 bits per heavy atom. The molecule has 4 rings (SSSR count). The number of aromatic carboxylic acids is 1. The molecule has 0 aliphatic heterocycles. The molecule has 0 unspecified atom stereocenters. The smallest absolute Gasteiger partial charge is 0.335 e. The average molecular weight is 375 g/mol. The quantitative estimate of drug-likeness (QED) is 0.527. The Morgan fingerprint density at radius 1 is 0.852 bits per heavy atom. The molecule has 3 aromatic rings. The Morgan fingerprint density at radius 2 is 1.48 bits per heavy atom. The fourth-order valence-electron chi connectivity index (χ4n) is 3.14. The maximum absolute atomic E-state index is 13.1. The lowest BCUT2D eigenvalue weighted by molar-refractivity contribution is 0.0696. The zero-order chi connectivity index (χ0) is 19.1. The molecule has 5 nitrogen and oxygen atoms in total. The van der Waals surface area contributed by atoms with Gasteiger partial charge in [-0.1, -0.05) is 42.1 Å². The molecule has 1 aliphatic rings. The van der Waals surface area contributed by atoms with Gasteiger partial charge in [0.05, 0.1) is 11.1 Å². The third-order valence-electron chi connectivity index (χ3n) is 4.38. The van der Waals surface area contributed by atoms with E-state index >= 15 is 0 Å². The highest BCUT2D eigenvalue weighted by Crippen LogP contribution is 2.38. The van der Waals surface area contributed by atoms with Crippen molar-refractivity contribution in [2.45, 2.75) is 9.79 Å². The van der Waals surface area contributed by atoms with Gasteiger partial charge in [-0.3, -0.25) is 9.59 Å². The molecule has 0 spiro atoms. The summed E-state index contributed by atoms with van der Waals surface area (Å²) in [6.45, 7) is 0. The number of nitrogens with two attached hydrogens (primary N) is 1. The molecule has 0 aromatic heterocycles. The molecule has 0 bridgehead atoms. The van der Waals surface area contributed by atoms with Crippen LogP contribution >= 0.6 is 11.8 Å². The predicted octanol–water partition coefficient (Wildman–Crippen LogP) is 3.89. The molecule has 0 amide bonds. The second-order valence-electron chi connectivity index (χ2n) is 6.04. The lowest BCUT2D eigenvalue weighted by atomic mass is 9.83. The van der Waals surface area contributed by atoms with Crippen molar-refractivity contribution in [1.29, 1.82) is 0 Å². The molecule has 0 saturated carbocycles. The fourth-order valence-corrected chi connectivity index (χ4v) is 4.18. The highest BCUT2D eigenvalue weighted by atomic mass is 32.2. The van der Waals surface area contributed by atoms with E-state index in [9.17, 15) is 14.4 Å². The monoisotopic (exact) mass is 375 g/mol. The SMILES string of the molecule is Nc1cccc2c1C(=O)c1cccc(Sc3cccc(C(=O)O)c3)c1C2=O. The molecule has 0 radical (unpaired) electrons. The van der Waals surface area contributed by atoms with E-state index in [4.69, 9.17) is 10.8 Å². The van der Waals surface area contributed by atoms with Crippen LogP contribution in [0.5, 0.6) is 0 Å². The minimum absolute atomic E-state index is 0.158. The summed E-state index contributed by atoms with van der Waals surface area (Å²) >= 11 is 1.25. The molecule has 132 valence electrons. The number of anilines is 1. The first kappa shape index (κ1) is 17.1. The number of hydrogen-bond donors (Lipinski definition) is 2. The summed E-state index contributed by atoms with van der Waals surface area (Å²) in [6, 6.07) is 16.4. The van der Waals surface area contributed by atoms with E-state index < -0.39 is 5.97 Å². The summed E-state index contributed by atoms with van der Waals surface area (Å²) in [5.74, 6) is -1.56. The van der Waals surface area contributed by atoms with Gasteiger partial charge in [0.25, 0.3) is 0 Å². The first-order valence-corrected chi connectivity index (χ1v) is 8.91. The summed E-state index contributed by atoms with van der Waals surface area (Å²) in [5.41, 5.74) is 7.53. The second kappa shape index (κ2) is 6.41. The van der Waals surface area contributed by atoms with Gasteiger partial charge >= 0.3 is 5.97 Å². The number of carboxylic acid groups (broad SMARTS) is 1. The van der Waals surface area contributed by atoms with E-state index in [1.807, 2.05) is 0 Å². The number of fused-ring (bicyclic) bond motifs is 2. The van der Waals surface area contributed by atoms with Gasteiger partial charge in [0.1, 0.15) is 0 Å². The summed E-state index contributed by atoms with van der Waals surface area (Å²) in [6.07, 6.45) is 0. The summed E-state index contributed by atoms with van der Waals surface area (Å²) in [7, 11) is 0. The van der Waals surface area contributed by atoms with E-state index in [2.05, 4.69) is 0 Å². The third-order valence-corrected chi connectivity index (χ3v) is 5.42. The zero-order valence-corrected chi connectivity index (χ0v) is 14.7. The van der Waals surface area contributed by atoms with Crippen LogP contribution in [0.4, 0.5) is 5.69 Å². The van der Waals surface area contributed by atoms with Crippen molar-refractivity contribution < 1.29 is 19.5 Å². The van der Waals surface area contributed by atoms with Gasteiger partial charge in [0.2, 0.25) is 0 Å². The summed E-state index contributed by atoms with van der Waals surface area (Å²) in [4.78, 5) is 38.4. The topological polar surface area (TPSA) is 97.5 Å². The number of rotatable bonds is 3. The maximum atomic E-state index is 13.1. The predicted molar refractivity (Wildman–Crippen MR) is 102 cm³/mol. The van der Waals surface area contributed by atoms with E-state index in [0.29, 0.717) is 26.5 Å². The molecule has 0 heterocycles. The van der Waals surface area contributed by atoms with Crippen molar-refractivity contribution in [2.24, 2.45) is 0 Å². The van der Waals surface area contributed by atoms with Crippen LogP contribution in [0, 0.1) is 0 Å². The summed E-state index contributed by atoms with van der Waals surface area (Å²) in [5, 5.41) is 9.16. The number of carbonyl (C=O) groups excluding carboxylic acids is 2. The molecule has 3 N–H and O–H groups in total. The van der Waals surface area contributed by atoms with Crippen LogP contribution in [0.2, 0.25) is 0 Å². The lowest BCUT2D eigenvalue weighted by Gasteiger charge is -2.21. The van der Waals surface area contributed by atoms with Crippen molar-refractivity contribution in [3.8, 4) is 0 Å². The molecule has 27 heavy (non-hydrogen) atoms. The number of carbonyl (C=O) groups is 3. The molecule has 0 atom stereocenters. The standard InChI is InChI=1S/C21H13NO4S/c22-15-8-2-6-13-17(15)19(23)14-7-3-9-16(18(14)20(13)24)27-12-5-1-4-11(10-12)21(25)26/h1-10H,22H2,(H,25,26). The Bertz CT molecular complexity index is 1140. The van der Waals surface area contributed by atoms with Crippen molar-refractivity contribution in [2.75, 3.05) is 5.73 Å². The van der Waals surface area contributed by atoms with Crippen molar-refractivity contribution >= 4 is 35.0 Å². The van der Waals surface area contributed by atoms with Gasteiger partial charge in [-0.15, -0.1) is 0 Å². The van der Waals surface area contributed by atoms with Gasteiger partial charge in [0, 0.05) is 32.2 Å². The number of ketones is 2. The van der Waals surface area contributed by atoms with Crippen LogP contribution < -0.4 is 5.73 Å². The van der Waals surface area contributed by atoms with Gasteiger partial charge in [0.15, 0.2) is 11.6 Å². The molecule has 0 fully saturated rings. The summed E-state index contributed by atoms with van der Waals surface area (Å²) < 4.78 is 0. The van der Waals surface area contributed by atoms with Crippen LogP contribution in [0.3, 0.4) is 0 Å². The molecule has 1 aliphatic carbocycles. The molecule has 6 heteroatoms. The minimum Gasteiger partial charge on any atom is -0.478 e. The number of carboxylic acids is 1. The highest BCUT2D eigenvalue weighted by molar-refractivity contribution is 7.99. The van der Waals surface area contributed by atoms with E-state index in [0.717, 1.165) is 0 Å². The van der Waals surface area contributed by atoms with Gasteiger partial charge in [-0.2, -0.15) is 0 Å². The normalized spacial score (nSPS) is 12.4. The Hall–Kier alpha value is -3.38. The lowest BCUT2D eigenvalue weighted by Crippen LogP contribution is -2.23. The maximum Gasteiger partial charge on any atom is 0.335 e.